The van der Waals surface area contributed by atoms with E-state index in [1.54, 1.807) is 0 Å². The van der Waals surface area contributed by atoms with E-state index in [-0.39, 0.29) is 0 Å². The van der Waals surface area contributed by atoms with E-state index >= 15 is 0 Å². The number of hydrogen-bond acceptors (Lipinski definition) is 12. The van der Waals surface area contributed by atoms with Crippen molar-refractivity contribution < 1.29 is 47.4 Å². The van der Waals surface area contributed by atoms with E-state index in [1.807, 2.05) is 0 Å². The minimum Gasteiger partial charge on any atom is -0.378 e. The predicted octanol–water partition coefficient (Wildman–Crippen LogP) is 5.46. The minimum atomic E-state index is 0.552. The van der Waals surface area contributed by atoms with E-state index in [9.17, 15) is 0 Å². The summed E-state index contributed by atoms with van der Waals surface area (Å²) in [7, 11) is 0. The molecule has 0 atom stereocenters. The van der Waals surface area contributed by atoms with Crippen LogP contribution in [0.5, 0.6) is 0 Å². The third-order valence-corrected chi connectivity index (χ3v) is 10.2. The first kappa shape index (κ1) is 44.5. The monoisotopic (exact) mass is 804 g/mol. The molecule has 2 fully saturated rings. The Labute approximate surface area is 344 Å². The van der Waals surface area contributed by atoms with Gasteiger partial charge in [0.25, 0.3) is 0 Å². The second kappa shape index (κ2) is 26.9. The van der Waals surface area contributed by atoms with Gasteiger partial charge < -0.3 is 47.4 Å². The van der Waals surface area contributed by atoms with Crippen molar-refractivity contribution in [3.8, 4) is 11.1 Å². The van der Waals surface area contributed by atoms with Crippen LogP contribution in [-0.2, 0) is 60.5 Å². The smallest absolute Gasteiger partial charge is 0.0701 e. The lowest BCUT2D eigenvalue weighted by atomic mass is 9.95. The summed E-state index contributed by atoms with van der Waals surface area (Å²) >= 11 is 0. The summed E-state index contributed by atoms with van der Waals surface area (Å²) in [6, 6.07) is 26.9. The molecule has 12 nitrogen and oxygen atoms in total. The van der Waals surface area contributed by atoms with Crippen LogP contribution in [-0.4, -0.2) is 168 Å². The van der Waals surface area contributed by atoms with Gasteiger partial charge in [0, 0.05) is 39.3 Å². The molecule has 0 bridgehead atoms. The van der Waals surface area contributed by atoms with Crippen LogP contribution in [0.3, 0.4) is 0 Å². The third-order valence-electron chi connectivity index (χ3n) is 10.2. The van der Waals surface area contributed by atoms with Gasteiger partial charge in [0.1, 0.15) is 0 Å². The Bertz CT molecular complexity index is 1570. The first-order valence-corrected chi connectivity index (χ1v) is 21.1. The van der Waals surface area contributed by atoms with E-state index < -0.39 is 0 Å². The zero-order valence-corrected chi connectivity index (χ0v) is 34.3. The second-order valence-electron chi connectivity index (χ2n) is 14.4. The van der Waals surface area contributed by atoms with Crippen LogP contribution in [0.2, 0.25) is 0 Å². The van der Waals surface area contributed by atoms with E-state index in [4.69, 9.17) is 47.4 Å². The lowest BCUT2D eigenvalue weighted by Gasteiger charge is -2.24. The van der Waals surface area contributed by atoms with Gasteiger partial charge in [-0.25, -0.2) is 0 Å². The van der Waals surface area contributed by atoms with Crippen molar-refractivity contribution in [3.05, 3.63) is 83.9 Å². The number of fused-ring (bicyclic) bond motifs is 2. The molecule has 0 aliphatic carbocycles. The molecule has 2 heterocycles. The highest BCUT2D eigenvalue weighted by molar-refractivity contribution is 5.93. The Balaban J connectivity index is 1.14. The number of nitrogens with zero attached hydrogens (tertiary/aromatic N) is 2. The molecule has 0 unspecified atom stereocenters. The van der Waals surface area contributed by atoms with Crippen LogP contribution in [0.1, 0.15) is 11.1 Å². The number of benzene rings is 4. The topological polar surface area (TPSA) is 98.8 Å². The predicted molar refractivity (Wildman–Crippen MR) is 226 cm³/mol. The first-order valence-electron chi connectivity index (χ1n) is 21.1. The summed E-state index contributed by atoms with van der Waals surface area (Å²) in [5, 5.41) is 4.97. The van der Waals surface area contributed by atoms with Gasteiger partial charge in [0.2, 0.25) is 0 Å². The average molecular weight is 805 g/mol. The normalized spacial score (nSPS) is 20.5. The van der Waals surface area contributed by atoms with Gasteiger partial charge in [-0.2, -0.15) is 0 Å². The zero-order chi connectivity index (χ0) is 39.7. The maximum Gasteiger partial charge on any atom is 0.0701 e. The fourth-order valence-corrected chi connectivity index (χ4v) is 7.07. The molecule has 6 rings (SSSR count). The standard InChI is InChI=1S/C46H64N2O10/c1-3-39-7-9-41(35-45(39)43(5-1)37-47-11-15-49-19-23-53-27-31-57-32-28-54-24-20-50-16-12-47)42-10-8-40-4-2-6-44(46(40)36-42)38-48-13-17-51-21-25-55-29-33-58-34-30-56-26-22-52-18-14-48/h1-10,35-36H,11-34,37-38H2. The van der Waals surface area contributed by atoms with Crippen LogP contribution in [0, 0.1) is 0 Å². The van der Waals surface area contributed by atoms with Crippen LogP contribution >= 0.6 is 0 Å². The van der Waals surface area contributed by atoms with Gasteiger partial charge in [0.15, 0.2) is 0 Å². The summed E-state index contributed by atoms with van der Waals surface area (Å²) in [6.07, 6.45) is 0. The van der Waals surface area contributed by atoms with Crippen molar-refractivity contribution in [3.63, 3.8) is 0 Å². The molecular weight excluding hydrogens is 741 g/mol. The maximum atomic E-state index is 5.96. The van der Waals surface area contributed by atoms with Gasteiger partial charge in [0.05, 0.1) is 132 Å². The Morgan fingerprint density at radius 3 is 0.879 bits per heavy atom. The Morgan fingerprint density at radius 2 is 0.586 bits per heavy atom. The summed E-state index contributed by atoms with van der Waals surface area (Å²) in [5.74, 6) is 0. The molecule has 2 aliphatic heterocycles. The summed E-state index contributed by atoms with van der Waals surface area (Å²) in [5.41, 5.74) is 4.96. The Kier molecular flexibility index (Phi) is 20.6. The molecule has 4 aromatic carbocycles. The van der Waals surface area contributed by atoms with Crippen LogP contribution in [0.4, 0.5) is 0 Å². The molecule has 12 heteroatoms. The van der Waals surface area contributed by atoms with Gasteiger partial charge in [-0.05, 0) is 55.9 Å². The lowest BCUT2D eigenvalue weighted by Crippen LogP contribution is -2.31. The highest BCUT2D eigenvalue weighted by atomic mass is 16.6. The van der Waals surface area contributed by atoms with E-state index in [2.05, 4.69) is 82.6 Å². The van der Waals surface area contributed by atoms with Crippen LogP contribution < -0.4 is 0 Å². The average Bonchev–Trinajstić information content (AvgIpc) is 3.24. The SMILES string of the molecule is c1cc(CN2CCOCCOCCOCCOCCOCC2)c2cc(-c3ccc4cccc(CN5CCOCCOCCOCCOCCOCC5)c4c3)ccc2c1. The molecule has 0 radical (unpaired) electrons. The third kappa shape index (κ3) is 15.8. The van der Waals surface area contributed by atoms with Gasteiger partial charge >= 0.3 is 0 Å². The summed E-state index contributed by atoms with van der Waals surface area (Å²) < 4.78 is 57.6. The Hall–Kier alpha value is -3.08. The van der Waals surface area contributed by atoms with Crippen LogP contribution in [0.25, 0.3) is 32.7 Å². The molecule has 58 heavy (non-hydrogen) atoms. The highest BCUT2D eigenvalue weighted by Crippen LogP contribution is 2.31. The van der Waals surface area contributed by atoms with Crippen molar-refractivity contribution in [1.29, 1.82) is 0 Å². The first-order chi connectivity index (χ1) is 28.8. The second-order valence-corrected chi connectivity index (χ2v) is 14.4. The van der Waals surface area contributed by atoms with Gasteiger partial charge in [-0.15, -0.1) is 0 Å². The van der Waals surface area contributed by atoms with Crippen molar-refractivity contribution in [1.82, 2.24) is 9.80 Å². The zero-order valence-electron chi connectivity index (χ0n) is 34.3. The quantitative estimate of drug-likeness (QED) is 0.257. The molecule has 0 aromatic heterocycles. The minimum absolute atomic E-state index is 0.552. The van der Waals surface area contributed by atoms with Crippen molar-refractivity contribution in [2.24, 2.45) is 0 Å². The summed E-state index contributed by atoms with van der Waals surface area (Å²) in [4.78, 5) is 4.84. The lowest BCUT2D eigenvalue weighted by molar-refractivity contribution is -0.0189. The van der Waals surface area contributed by atoms with Crippen molar-refractivity contribution in [2.45, 2.75) is 13.1 Å². The molecule has 0 amide bonds. The molecule has 4 aromatic rings. The molecular formula is C46H64N2O10. The number of rotatable bonds is 5. The largest absolute Gasteiger partial charge is 0.378 e. The van der Waals surface area contributed by atoms with Crippen molar-refractivity contribution in [2.75, 3.05) is 158 Å². The Morgan fingerprint density at radius 1 is 0.310 bits per heavy atom. The molecule has 0 saturated carbocycles. The fourth-order valence-electron chi connectivity index (χ4n) is 7.07. The molecule has 318 valence electrons. The molecule has 0 spiro atoms. The van der Waals surface area contributed by atoms with Crippen molar-refractivity contribution >= 4 is 21.5 Å². The molecule has 2 saturated heterocycles. The molecule has 0 N–H and O–H groups in total. The fraction of sp³-hybridized carbons (Fsp3) is 0.565. The molecule has 2 aliphatic rings. The number of ether oxygens (including phenoxy) is 10. The van der Waals surface area contributed by atoms with Gasteiger partial charge in [-0.3, -0.25) is 9.80 Å². The van der Waals surface area contributed by atoms with Gasteiger partial charge in [-0.1, -0.05) is 60.7 Å². The maximum absolute atomic E-state index is 5.96. The summed E-state index contributed by atoms with van der Waals surface area (Å²) in [6.45, 7) is 16.1. The van der Waals surface area contributed by atoms with E-state index in [0.29, 0.717) is 132 Å². The highest BCUT2D eigenvalue weighted by Gasteiger charge is 2.14. The van der Waals surface area contributed by atoms with Crippen LogP contribution in [0.15, 0.2) is 72.8 Å². The van der Waals surface area contributed by atoms with E-state index in [1.165, 1.54) is 43.8 Å². The number of hydrogen-bond donors (Lipinski definition) is 0. The van der Waals surface area contributed by atoms with E-state index in [0.717, 1.165) is 39.3 Å².